The Morgan fingerprint density at radius 1 is 1.37 bits per heavy atom. The number of fused-ring (bicyclic) bond motifs is 1. The summed E-state index contributed by atoms with van der Waals surface area (Å²) in [5.41, 5.74) is 2.23. The monoisotopic (exact) mass is 321 g/mol. The Labute approximate surface area is 124 Å². The van der Waals surface area contributed by atoms with E-state index >= 15 is 0 Å². The van der Waals surface area contributed by atoms with E-state index in [9.17, 15) is 8.42 Å². The molecular weight excluding hydrogens is 305 g/mol. The molecule has 0 radical (unpaired) electrons. The summed E-state index contributed by atoms with van der Waals surface area (Å²) < 4.78 is 22.9. The quantitative estimate of drug-likeness (QED) is 0.906. The third-order valence-electron chi connectivity index (χ3n) is 3.50. The van der Waals surface area contributed by atoms with Gasteiger partial charge in [-0.15, -0.1) is 0 Å². The fourth-order valence-corrected chi connectivity index (χ4v) is 3.71. The van der Waals surface area contributed by atoms with Crippen molar-refractivity contribution in [1.29, 1.82) is 0 Å². The van der Waals surface area contributed by atoms with Gasteiger partial charge in [0, 0.05) is 28.4 Å². The smallest absolute Gasteiger partial charge is 0.151 e. The molecule has 0 heterocycles. The van der Waals surface area contributed by atoms with Crippen molar-refractivity contribution in [3.8, 4) is 0 Å². The predicted molar refractivity (Wildman–Crippen MR) is 79.9 cm³/mol. The second-order valence-corrected chi connectivity index (χ2v) is 8.05. The van der Waals surface area contributed by atoms with Crippen LogP contribution >= 0.6 is 23.2 Å². The van der Waals surface area contributed by atoms with Crippen LogP contribution in [0.5, 0.6) is 0 Å². The molecule has 1 aromatic carbocycles. The van der Waals surface area contributed by atoms with E-state index in [1.54, 1.807) is 13.0 Å². The van der Waals surface area contributed by atoms with Crippen LogP contribution in [0, 0.1) is 0 Å². The van der Waals surface area contributed by atoms with Gasteiger partial charge in [-0.1, -0.05) is 30.1 Å². The fraction of sp³-hybridized carbons (Fsp3) is 0.538. The average molecular weight is 322 g/mol. The fourth-order valence-electron chi connectivity index (χ4n) is 2.39. The first kappa shape index (κ1) is 15.1. The minimum Gasteiger partial charge on any atom is -0.309 e. The molecule has 3 nitrogen and oxygen atoms in total. The van der Waals surface area contributed by atoms with Gasteiger partial charge in [0.2, 0.25) is 0 Å². The highest BCUT2D eigenvalue weighted by molar-refractivity contribution is 7.91. The molecule has 6 heteroatoms. The Morgan fingerprint density at radius 3 is 2.79 bits per heavy atom. The van der Waals surface area contributed by atoms with Crippen LogP contribution in [0.15, 0.2) is 12.1 Å². The number of benzene rings is 1. The van der Waals surface area contributed by atoms with Crippen LogP contribution in [0.25, 0.3) is 0 Å². The van der Waals surface area contributed by atoms with Crippen LogP contribution in [0.4, 0.5) is 0 Å². The van der Waals surface area contributed by atoms with Gasteiger partial charge in [0.1, 0.15) is 0 Å². The van der Waals surface area contributed by atoms with E-state index in [0.29, 0.717) is 16.6 Å². The zero-order valence-corrected chi connectivity index (χ0v) is 13.1. The highest BCUT2D eigenvalue weighted by Crippen LogP contribution is 2.37. The largest absolute Gasteiger partial charge is 0.309 e. The molecule has 2 rings (SSSR count). The molecule has 1 aliphatic rings. The molecule has 0 aromatic heterocycles. The third kappa shape index (κ3) is 3.63. The zero-order chi connectivity index (χ0) is 14.0. The minimum atomic E-state index is -2.92. The summed E-state index contributed by atoms with van der Waals surface area (Å²) in [7, 11) is -2.92. The highest BCUT2D eigenvalue weighted by atomic mass is 35.5. The Hall–Kier alpha value is -0.290. The normalized spacial score (nSPS) is 18.6. The van der Waals surface area contributed by atoms with Crippen LogP contribution in [-0.4, -0.2) is 26.5 Å². The molecule has 1 atom stereocenters. The summed E-state index contributed by atoms with van der Waals surface area (Å²) in [4.78, 5) is 0. The molecule has 19 heavy (non-hydrogen) atoms. The van der Waals surface area contributed by atoms with E-state index in [2.05, 4.69) is 5.32 Å². The average Bonchev–Trinajstić information content (AvgIpc) is 2.73. The Bertz CT molecular complexity index is 572. The van der Waals surface area contributed by atoms with Gasteiger partial charge in [0.15, 0.2) is 9.84 Å². The van der Waals surface area contributed by atoms with Crippen molar-refractivity contribution in [3.05, 3.63) is 33.3 Å². The van der Waals surface area contributed by atoms with Crippen LogP contribution < -0.4 is 5.32 Å². The molecule has 0 unspecified atom stereocenters. The minimum absolute atomic E-state index is 0.151. The summed E-state index contributed by atoms with van der Waals surface area (Å²) in [6.07, 6.45) is 1.84. The van der Waals surface area contributed by atoms with Crippen molar-refractivity contribution in [2.45, 2.75) is 25.8 Å². The van der Waals surface area contributed by atoms with Gasteiger partial charge >= 0.3 is 0 Å². The molecule has 1 N–H and O–H groups in total. The highest BCUT2D eigenvalue weighted by Gasteiger charge is 2.24. The van der Waals surface area contributed by atoms with Crippen molar-refractivity contribution in [3.63, 3.8) is 0 Å². The number of hydrogen-bond donors (Lipinski definition) is 1. The number of hydrogen-bond acceptors (Lipinski definition) is 3. The second kappa shape index (κ2) is 6.00. The molecule has 1 aromatic rings. The third-order valence-corrected chi connectivity index (χ3v) is 5.76. The molecule has 0 fully saturated rings. The van der Waals surface area contributed by atoms with E-state index in [1.165, 1.54) is 0 Å². The maximum Gasteiger partial charge on any atom is 0.151 e. The lowest BCUT2D eigenvalue weighted by Crippen LogP contribution is -2.26. The standard InChI is InChI=1S/C13H17Cl2NO2S/c1-2-19(17,18)6-5-16-13-4-3-10-11(13)7-9(14)8-12(10)15/h7-8,13,16H,2-6H2,1H3/t13-/m1/s1. The van der Waals surface area contributed by atoms with Gasteiger partial charge in [-0.2, -0.15) is 0 Å². The molecule has 106 valence electrons. The van der Waals surface area contributed by atoms with Crippen molar-refractivity contribution in [2.75, 3.05) is 18.1 Å². The molecule has 0 spiro atoms. The Balaban J connectivity index is 2.03. The van der Waals surface area contributed by atoms with E-state index in [-0.39, 0.29) is 17.5 Å². The first-order valence-electron chi connectivity index (χ1n) is 6.34. The Morgan fingerprint density at radius 2 is 2.11 bits per heavy atom. The first-order valence-corrected chi connectivity index (χ1v) is 8.92. The number of rotatable bonds is 5. The van der Waals surface area contributed by atoms with E-state index in [1.807, 2.05) is 6.07 Å². The van der Waals surface area contributed by atoms with E-state index in [0.717, 1.165) is 24.0 Å². The zero-order valence-electron chi connectivity index (χ0n) is 10.7. The van der Waals surface area contributed by atoms with E-state index in [4.69, 9.17) is 23.2 Å². The van der Waals surface area contributed by atoms with Gasteiger partial charge in [-0.05, 0) is 36.1 Å². The molecule has 0 amide bonds. The number of halogens is 2. The summed E-state index contributed by atoms with van der Waals surface area (Å²) in [5, 5.41) is 4.61. The lowest BCUT2D eigenvalue weighted by atomic mass is 10.1. The van der Waals surface area contributed by atoms with Crippen molar-refractivity contribution in [1.82, 2.24) is 5.32 Å². The van der Waals surface area contributed by atoms with Crippen molar-refractivity contribution >= 4 is 33.0 Å². The first-order chi connectivity index (χ1) is 8.93. The van der Waals surface area contributed by atoms with Gasteiger partial charge in [-0.3, -0.25) is 0 Å². The topological polar surface area (TPSA) is 46.2 Å². The second-order valence-electron chi connectivity index (χ2n) is 4.74. The van der Waals surface area contributed by atoms with Gasteiger partial charge < -0.3 is 5.32 Å². The summed E-state index contributed by atoms with van der Waals surface area (Å²) in [6.45, 7) is 2.13. The molecule has 1 aliphatic carbocycles. The molecular formula is C13H17Cl2NO2S. The summed E-state index contributed by atoms with van der Waals surface area (Å²) >= 11 is 12.2. The molecule has 0 aliphatic heterocycles. The van der Waals surface area contributed by atoms with Crippen LogP contribution in [0.3, 0.4) is 0 Å². The summed E-state index contributed by atoms with van der Waals surface area (Å²) in [5.74, 6) is 0.358. The summed E-state index contributed by atoms with van der Waals surface area (Å²) in [6, 6.07) is 3.83. The van der Waals surface area contributed by atoms with Crippen molar-refractivity contribution < 1.29 is 8.42 Å². The van der Waals surface area contributed by atoms with Crippen molar-refractivity contribution in [2.24, 2.45) is 0 Å². The lowest BCUT2D eigenvalue weighted by Gasteiger charge is -2.14. The number of nitrogens with one attached hydrogen (secondary N) is 1. The number of sulfone groups is 1. The predicted octanol–water partition coefficient (Wildman–Crippen LogP) is 3.01. The maximum absolute atomic E-state index is 11.4. The SMILES string of the molecule is CCS(=O)(=O)CCN[C@@H]1CCc2c(Cl)cc(Cl)cc21. The molecule has 0 saturated carbocycles. The maximum atomic E-state index is 11.4. The van der Waals surface area contributed by atoms with Crippen LogP contribution in [-0.2, 0) is 16.3 Å². The molecule has 0 bridgehead atoms. The van der Waals surface area contributed by atoms with E-state index < -0.39 is 9.84 Å². The van der Waals surface area contributed by atoms with Gasteiger partial charge in [-0.25, -0.2) is 8.42 Å². The lowest BCUT2D eigenvalue weighted by molar-refractivity contribution is 0.541. The molecule has 0 saturated heterocycles. The van der Waals surface area contributed by atoms with Gasteiger partial charge in [0.25, 0.3) is 0 Å². The van der Waals surface area contributed by atoms with Crippen LogP contribution in [0.1, 0.15) is 30.5 Å². The van der Waals surface area contributed by atoms with Gasteiger partial charge in [0.05, 0.1) is 5.75 Å². The Kier molecular flexibility index (Phi) is 4.77. The van der Waals surface area contributed by atoms with Crippen LogP contribution in [0.2, 0.25) is 10.0 Å².